The summed E-state index contributed by atoms with van der Waals surface area (Å²) in [6.07, 6.45) is 1.55. The van der Waals surface area contributed by atoms with Crippen LogP contribution < -0.4 is 10.6 Å². The molecule has 0 saturated carbocycles. The van der Waals surface area contributed by atoms with Gasteiger partial charge in [0.2, 0.25) is 5.91 Å². The number of carbonyl (C=O) groups excluding carboxylic acids is 1. The third-order valence-corrected chi connectivity index (χ3v) is 3.99. The van der Waals surface area contributed by atoms with E-state index < -0.39 is 0 Å². The van der Waals surface area contributed by atoms with E-state index in [0.29, 0.717) is 24.5 Å². The Labute approximate surface area is 130 Å². The van der Waals surface area contributed by atoms with Gasteiger partial charge in [-0.2, -0.15) is 10.4 Å². The number of anilines is 1. The van der Waals surface area contributed by atoms with Crippen LogP contribution in [0.4, 0.5) is 5.82 Å². The van der Waals surface area contributed by atoms with Crippen molar-refractivity contribution >= 4 is 11.7 Å². The topological polar surface area (TPSA) is 99.1 Å². The minimum absolute atomic E-state index is 0.277. The van der Waals surface area contributed by atoms with Crippen molar-refractivity contribution in [2.24, 2.45) is 5.73 Å². The summed E-state index contributed by atoms with van der Waals surface area (Å²) in [5.74, 6) is 0.349. The zero-order valence-corrected chi connectivity index (χ0v) is 13.2. The smallest absolute Gasteiger partial charge is 0.231 e. The first-order valence-corrected chi connectivity index (χ1v) is 7.64. The Morgan fingerprint density at radius 1 is 1.23 bits per heavy atom. The van der Waals surface area contributed by atoms with Crippen LogP contribution in [-0.2, 0) is 17.6 Å². The fourth-order valence-electron chi connectivity index (χ4n) is 2.84. The van der Waals surface area contributed by atoms with Crippen LogP contribution in [-0.4, -0.2) is 53.7 Å². The number of rotatable bonds is 5. The molecule has 22 heavy (non-hydrogen) atoms. The van der Waals surface area contributed by atoms with E-state index in [1.54, 1.807) is 0 Å². The quantitative estimate of drug-likeness (QED) is 0.827. The molecule has 1 aromatic heterocycles. The van der Waals surface area contributed by atoms with Crippen molar-refractivity contribution in [3.8, 4) is 6.07 Å². The van der Waals surface area contributed by atoms with Gasteiger partial charge in [0.1, 0.15) is 11.6 Å². The SMILES string of the molecule is CCc1nnc(N2CCN(CC(N)=O)CC2)c(C#N)c1CC. The van der Waals surface area contributed by atoms with Gasteiger partial charge in [-0.1, -0.05) is 13.8 Å². The minimum Gasteiger partial charge on any atom is -0.369 e. The average molecular weight is 302 g/mol. The van der Waals surface area contributed by atoms with Crippen LogP contribution in [0.2, 0.25) is 0 Å². The number of amides is 1. The van der Waals surface area contributed by atoms with Gasteiger partial charge in [-0.25, -0.2) is 0 Å². The Bertz CT molecular complexity index is 586. The summed E-state index contributed by atoms with van der Waals surface area (Å²) in [6.45, 7) is 7.22. The minimum atomic E-state index is -0.313. The zero-order chi connectivity index (χ0) is 16.1. The highest BCUT2D eigenvalue weighted by Crippen LogP contribution is 2.24. The van der Waals surface area contributed by atoms with E-state index in [1.165, 1.54) is 0 Å². The van der Waals surface area contributed by atoms with Gasteiger partial charge >= 0.3 is 0 Å². The van der Waals surface area contributed by atoms with E-state index in [9.17, 15) is 10.1 Å². The van der Waals surface area contributed by atoms with E-state index in [4.69, 9.17) is 5.73 Å². The molecular formula is C15H22N6O. The monoisotopic (exact) mass is 302 g/mol. The number of primary amides is 1. The third kappa shape index (κ3) is 3.34. The van der Waals surface area contributed by atoms with Crippen LogP contribution in [0.3, 0.4) is 0 Å². The van der Waals surface area contributed by atoms with E-state index in [1.807, 2.05) is 18.7 Å². The molecule has 0 radical (unpaired) electrons. The first-order chi connectivity index (χ1) is 10.6. The fourth-order valence-corrected chi connectivity index (χ4v) is 2.84. The summed E-state index contributed by atoms with van der Waals surface area (Å²) in [6, 6.07) is 2.30. The molecule has 0 atom stereocenters. The molecule has 2 rings (SSSR count). The fraction of sp³-hybridized carbons (Fsp3) is 0.600. The zero-order valence-electron chi connectivity index (χ0n) is 13.2. The normalized spacial score (nSPS) is 15.6. The Hall–Kier alpha value is -2.20. The summed E-state index contributed by atoms with van der Waals surface area (Å²) in [5.41, 5.74) is 7.75. The molecule has 2 N–H and O–H groups in total. The lowest BCUT2D eigenvalue weighted by molar-refractivity contribution is -0.119. The van der Waals surface area contributed by atoms with Gasteiger partial charge in [-0.05, 0) is 18.4 Å². The summed E-state index contributed by atoms with van der Waals surface area (Å²) in [4.78, 5) is 15.1. The number of aromatic nitrogens is 2. The van der Waals surface area contributed by atoms with E-state index in [2.05, 4.69) is 21.2 Å². The lowest BCUT2D eigenvalue weighted by atomic mass is 10.0. The molecule has 1 aliphatic heterocycles. The summed E-state index contributed by atoms with van der Waals surface area (Å²) in [5, 5.41) is 18.1. The molecule has 0 bridgehead atoms. The van der Waals surface area contributed by atoms with Crippen LogP contribution >= 0.6 is 0 Å². The number of nitrogens with two attached hydrogens (primary N) is 1. The Morgan fingerprint density at radius 2 is 1.91 bits per heavy atom. The number of aryl methyl sites for hydroxylation is 1. The molecule has 118 valence electrons. The molecule has 1 fully saturated rings. The van der Waals surface area contributed by atoms with Gasteiger partial charge in [-0.3, -0.25) is 9.69 Å². The van der Waals surface area contributed by atoms with Crippen molar-refractivity contribution in [3.63, 3.8) is 0 Å². The van der Waals surface area contributed by atoms with Crippen LogP contribution in [0.25, 0.3) is 0 Å². The molecule has 0 spiro atoms. The number of piperazine rings is 1. The first kappa shape index (κ1) is 16.2. The third-order valence-electron chi connectivity index (χ3n) is 3.99. The summed E-state index contributed by atoms with van der Waals surface area (Å²) < 4.78 is 0. The van der Waals surface area contributed by atoms with Crippen molar-refractivity contribution in [2.75, 3.05) is 37.6 Å². The number of carbonyl (C=O) groups is 1. The highest BCUT2D eigenvalue weighted by Gasteiger charge is 2.23. The van der Waals surface area contributed by atoms with Crippen molar-refractivity contribution < 1.29 is 4.79 Å². The van der Waals surface area contributed by atoms with Gasteiger partial charge in [0, 0.05) is 26.2 Å². The Kier molecular flexibility index (Phi) is 5.28. The number of hydrogen-bond acceptors (Lipinski definition) is 6. The second-order valence-electron chi connectivity index (χ2n) is 5.37. The lowest BCUT2D eigenvalue weighted by Gasteiger charge is -2.35. The predicted molar refractivity (Wildman–Crippen MR) is 83.4 cm³/mol. The largest absolute Gasteiger partial charge is 0.369 e. The van der Waals surface area contributed by atoms with Crippen molar-refractivity contribution in [3.05, 3.63) is 16.8 Å². The summed E-state index contributed by atoms with van der Waals surface area (Å²) >= 11 is 0. The number of hydrogen-bond donors (Lipinski definition) is 1. The molecule has 1 saturated heterocycles. The number of nitriles is 1. The van der Waals surface area contributed by atoms with E-state index >= 15 is 0 Å². The molecule has 1 aromatic rings. The van der Waals surface area contributed by atoms with Gasteiger partial charge < -0.3 is 10.6 Å². The first-order valence-electron chi connectivity index (χ1n) is 7.64. The van der Waals surface area contributed by atoms with Gasteiger partial charge in [0.05, 0.1) is 12.2 Å². The standard InChI is InChI=1S/C15H22N6O/c1-3-11-12(9-16)15(19-18-13(11)4-2)21-7-5-20(6-8-21)10-14(17)22/h3-8,10H2,1-2H3,(H2,17,22). The highest BCUT2D eigenvalue weighted by molar-refractivity contribution is 5.76. The molecule has 0 unspecified atom stereocenters. The Balaban J connectivity index is 2.20. The van der Waals surface area contributed by atoms with E-state index in [-0.39, 0.29) is 12.5 Å². The highest BCUT2D eigenvalue weighted by atomic mass is 16.1. The maximum absolute atomic E-state index is 11.0. The van der Waals surface area contributed by atoms with Crippen LogP contribution in [0.5, 0.6) is 0 Å². The van der Waals surface area contributed by atoms with Crippen molar-refractivity contribution in [1.82, 2.24) is 15.1 Å². The maximum atomic E-state index is 11.0. The van der Waals surface area contributed by atoms with E-state index in [0.717, 1.165) is 37.2 Å². The molecular weight excluding hydrogens is 280 g/mol. The van der Waals surface area contributed by atoms with Crippen LogP contribution in [0.15, 0.2) is 0 Å². The number of nitrogens with zero attached hydrogens (tertiary/aromatic N) is 5. The van der Waals surface area contributed by atoms with Crippen molar-refractivity contribution in [2.45, 2.75) is 26.7 Å². The molecule has 0 aromatic carbocycles. The second kappa shape index (κ2) is 7.18. The summed E-state index contributed by atoms with van der Waals surface area (Å²) in [7, 11) is 0. The molecule has 7 heteroatoms. The average Bonchev–Trinajstić information content (AvgIpc) is 2.53. The Morgan fingerprint density at radius 3 is 2.41 bits per heavy atom. The maximum Gasteiger partial charge on any atom is 0.231 e. The second-order valence-corrected chi connectivity index (χ2v) is 5.37. The molecule has 2 heterocycles. The predicted octanol–water partition coefficient (Wildman–Crippen LogP) is 0.0804. The van der Waals surface area contributed by atoms with Crippen LogP contribution in [0.1, 0.15) is 30.7 Å². The molecule has 1 amide bonds. The van der Waals surface area contributed by atoms with Gasteiger partial charge in [0.15, 0.2) is 5.82 Å². The van der Waals surface area contributed by atoms with Gasteiger partial charge in [0.25, 0.3) is 0 Å². The lowest BCUT2D eigenvalue weighted by Crippen LogP contribution is -2.49. The van der Waals surface area contributed by atoms with Crippen molar-refractivity contribution in [1.29, 1.82) is 5.26 Å². The molecule has 1 aliphatic rings. The van der Waals surface area contributed by atoms with Crippen LogP contribution in [0, 0.1) is 11.3 Å². The molecule has 7 nitrogen and oxygen atoms in total. The van der Waals surface area contributed by atoms with Gasteiger partial charge in [-0.15, -0.1) is 5.10 Å². The molecule has 0 aliphatic carbocycles.